The second-order valence-electron chi connectivity index (χ2n) is 6.13. The zero-order valence-electron chi connectivity index (χ0n) is 14.2. The number of hydrogen-bond acceptors (Lipinski definition) is 3. The highest BCUT2D eigenvalue weighted by molar-refractivity contribution is 5.94. The third-order valence-electron chi connectivity index (χ3n) is 4.59. The quantitative estimate of drug-likeness (QED) is 0.873. The fourth-order valence-corrected chi connectivity index (χ4v) is 2.97. The van der Waals surface area contributed by atoms with Gasteiger partial charge in [-0.3, -0.25) is 9.89 Å². The van der Waals surface area contributed by atoms with Gasteiger partial charge in [0.15, 0.2) is 5.69 Å². The molecular formula is C18H25ClN4O. The van der Waals surface area contributed by atoms with Crippen molar-refractivity contribution in [2.24, 2.45) is 0 Å². The van der Waals surface area contributed by atoms with Gasteiger partial charge < -0.3 is 10.2 Å². The number of amides is 1. The predicted octanol–water partition coefficient (Wildman–Crippen LogP) is 2.92. The Hall–Kier alpha value is -1.85. The summed E-state index contributed by atoms with van der Waals surface area (Å²) in [7, 11) is 0. The molecule has 1 atom stereocenters. The molecule has 1 aliphatic rings. The number of H-pyrrole nitrogens is 1. The standard InChI is InChI=1S/C18H24N4O.ClH/c1-3-13(2)22(12-14-7-5-4-6-8-14)18(23)17-15-11-19-10-9-16(15)20-21-17;/h4-8,13,19H,3,9-12H2,1-2H3,(H,20,21);1H. The highest BCUT2D eigenvalue weighted by atomic mass is 35.5. The lowest BCUT2D eigenvalue weighted by atomic mass is 10.1. The Morgan fingerprint density at radius 1 is 1.33 bits per heavy atom. The van der Waals surface area contributed by atoms with Crippen molar-refractivity contribution < 1.29 is 4.79 Å². The van der Waals surface area contributed by atoms with Gasteiger partial charge in [-0.1, -0.05) is 37.3 Å². The Morgan fingerprint density at radius 3 is 2.79 bits per heavy atom. The summed E-state index contributed by atoms with van der Waals surface area (Å²) in [5, 5.41) is 10.7. The first-order chi connectivity index (χ1) is 11.2. The van der Waals surface area contributed by atoms with Crippen molar-refractivity contribution in [3.8, 4) is 0 Å². The maximum Gasteiger partial charge on any atom is 0.275 e. The zero-order chi connectivity index (χ0) is 16.2. The van der Waals surface area contributed by atoms with Crippen molar-refractivity contribution in [3.63, 3.8) is 0 Å². The van der Waals surface area contributed by atoms with Gasteiger partial charge in [0.1, 0.15) is 0 Å². The molecule has 6 heteroatoms. The lowest BCUT2D eigenvalue weighted by Gasteiger charge is -2.28. The topological polar surface area (TPSA) is 61.0 Å². The minimum absolute atomic E-state index is 0. The fourth-order valence-electron chi connectivity index (χ4n) is 2.97. The van der Waals surface area contributed by atoms with Crippen molar-refractivity contribution in [1.29, 1.82) is 0 Å². The van der Waals surface area contributed by atoms with Gasteiger partial charge in [-0.15, -0.1) is 12.4 Å². The van der Waals surface area contributed by atoms with Crippen molar-refractivity contribution in [2.45, 2.75) is 45.8 Å². The molecule has 1 amide bonds. The highest BCUT2D eigenvalue weighted by Crippen LogP contribution is 2.20. The van der Waals surface area contributed by atoms with Crippen molar-refractivity contribution in [1.82, 2.24) is 20.4 Å². The summed E-state index contributed by atoms with van der Waals surface area (Å²) in [5.74, 6) is 0.0180. The molecule has 130 valence electrons. The van der Waals surface area contributed by atoms with Crippen LogP contribution in [-0.4, -0.2) is 33.6 Å². The summed E-state index contributed by atoms with van der Waals surface area (Å²) in [6.45, 7) is 6.47. The molecule has 0 radical (unpaired) electrons. The SMILES string of the molecule is CCC(C)N(Cc1ccccc1)C(=O)c1n[nH]c2c1CNCC2.Cl. The Kier molecular flexibility index (Phi) is 6.40. The molecule has 0 aliphatic carbocycles. The number of aromatic nitrogens is 2. The van der Waals surface area contributed by atoms with Crippen molar-refractivity contribution in [2.75, 3.05) is 6.54 Å². The second kappa shape index (κ2) is 8.31. The van der Waals surface area contributed by atoms with Crippen LogP contribution in [-0.2, 0) is 19.5 Å². The number of carbonyl (C=O) groups is 1. The fraction of sp³-hybridized carbons (Fsp3) is 0.444. The van der Waals surface area contributed by atoms with Gasteiger partial charge in [-0.25, -0.2) is 0 Å². The number of nitrogens with zero attached hydrogens (tertiary/aromatic N) is 2. The molecule has 1 aromatic carbocycles. The molecule has 1 aromatic heterocycles. The van der Waals surface area contributed by atoms with Crippen LogP contribution in [0.1, 0.15) is 47.6 Å². The molecular weight excluding hydrogens is 324 g/mol. The Morgan fingerprint density at radius 2 is 2.08 bits per heavy atom. The van der Waals surface area contributed by atoms with Crippen LogP contribution in [0, 0.1) is 0 Å². The highest BCUT2D eigenvalue weighted by Gasteiger charge is 2.27. The predicted molar refractivity (Wildman–Crippen MR) is 97.3 cm³/mol. The monoisotopic (exact) mass is 348 g/mol. The number of carbonyl (C=O) groups excluding carboxylic acids is 1. The van der Waals surface area contributed by atoms with Gasteiger partial charge in [0.05, 0.1) is 0 Å². The minimum atomic E-state index is 0. The van der Waals surface area contributed by atoms with E-state index in [1.807, 2.05) is 23.1 Å². The minimum Gasteiger partial charge on any atom is -0.330 e. The van der Waals surface area contributed by atoms with Gasteiger partial charge in [0.2, 0.25) is 0 Å². The summed E-state index contributed by atoms with van der Waals surface area (Å²) >= 11 is 0. The van der Waals surface area contributed by atoms with Crippen LogP contribution in [0.5, 0.6) is 0 Å². The summed E-state index contributed by atoms with van der Waals surface area (Å²) in [4.78, 5) is 15.0. The van der Waals surface area contributed by atoms with E-state index in [-0.39, 0.29) is 24.4 Å². The molecule has 2 aromatic rings. The average molecular weight is 349 g/mol. The van der Waals surface area contributed by atoms with Gasteiger partial charge in [0.25, 0.3) is 5.91 Å². The number of rotatable bonds is 5. The van der Waals surface area contributed by atoms with E-state index in [0.29, 0.717) is 18.8 Å². The molecule has 1 unspecified atom stereocenters. The van der Waals surface area contributed by atoms with Crippen LogP contribution in [0.25, 0.3) is 0 Å². The number of fused-ring (bicyclic) bond motifs is 1. The number of nitrogens with one attached hydrogen (secondary N) is 2. The maximum absolute atomic E-state index is 13.1. The maximum atomic E-state index is 13.1. The van der Waals surface area contributed by atoms with Crippen molar-refractivity contribution in [3.05, 3.63) is 52.8 Å². The third-order valence-corrected chi connectivity index (χ3v) is 4.59. The van der Waals surface area contributed by atoms with Gasteiger partial charge >= 0.3 is 0 Å². The lowest BCUT2D eigenvalue weighted by molar-refractivity contribution is 0.0664. The van der Waals surface area contributed by atoms with E-state index in [2.05, 4.69) is 41.5 Å². The van der Waals surface area contributed by atoms with Crippen LogP contribution >= 0.6 is 12.4 Å². The van der Waals surface area contributed by atoms with Crippen LogP contribution in [0.15, 0.2) is 30.3 Å². The van der Waals surface area contributed by atoms with E-state index < -0.39 is 0 Å². The van der Waals surface area contributed by atoms with Crippen LogP contribution in [0.4, 0.5) is 0 Å². The summed E-state index contributed by atoms with van der Waals surface area (Å²) in [6, 6.07) is 10.3. The van der Waals surface area contributed by atoms with Gasteiger partial charge in [-0.2, -0.15) is 5.10 Å². The molecule has 0 fully saturated rings. The molecule has 0 bridgehead atoms. The van der Waals surface area contributed by atoms with E-state index in [0.717, 1.165) is 36.2 Å². The Balaban J connectivity index is 0.00000208. The summed E-state index contributed by atoms with van der Waals surface area (Å²) < 4.78 is 0. The smallest absolute Gasteiger partial charge is 0.275 e. The third kappa shape index (κ3) is 3.79. The first-order valence-corrected chi connectivity index (χ1v) is 8.32. The zero-order valence-corrected chi connectivity index (χ0v) is 15.0. The molecule has 3 rings (SSSR count). The molecule has 1 aliphatic heterocycles. The first kappa shape index (κ1) is 18.5. The van der Waals surface area contributed by atoms with E-state index in [4.69, 9.17) is 0 Å². The number of halogens is 1. The molecule has 5 nitrogen and oxygen atoms in total. The van der Waals surface area contributed by atoms with E-state index in [9.17, 15) is 4.79 Å². The summed E-state index contributed by atoms with van der Waals surface area (Å²) in [5.41, 5.74) is 3.84. The average Bonchev–Trinajstić information content (AvgIpc) is 3.03. The summed E-state index contributed by atoms with van der Waals surface area (Å²) in [6.07, 6.45) is 1.82. The van der Waals surface area contributed by atoms with E-state index in [1.165, 1.54) is 0 Å². The molecule has 2 heterocycles. The number of hydrogen-bond donors (Lipinski definition) is 2. The van der Waals surface area contributed by atoms with Crippen LogP contribution in [0.2, 0.25) is 0 Å². The Bertz CT molecular complexity index is 671. The normalized spacial score (nSPS) is 14.4. The Labute approximate surface area is 149 Å². The number of benzene rings is 1. The molecule has 2 N–H and O–H groups in total. The van der Waals surface area contributed by atoms with Crippen molar-refractivity contribution >= 4 is 18.3 Å². The lowest BCUT2D eigenvalue weighted by Crippen LogP contribution is -2.39. The van der Waals surface area contributed by atoms with Crippen LogP contribution in [0.3, 0.4) is 0 Å². The number of aromatic amines is 1. The molecule has 0 saturated carbocycles. The molecule has 0 saturated heterocycles. The first-order valence-electron chi connectivity index (χ1n) is 8.32. The molecule has 0 spiro atoms. The van der Waals surface area contributed by atoms with E-state index >= 15 is 0 Å². The van der Waals surface area contributed by atoms with Crippen LogP contribution < -0.4 is 5.32 Å². The molecule has 24 heavy (non-hydrogen) atoms. The van der Waals surface area contributed by atoms with Gasteiger partial charge in [-0.05, 0) is 18.9 Å². The van der Waals surface area contributed by atoms with Gasteiger partial charge in [0, 0.05) is 43.4 Å². The van der Waals surface area contributed by atoms with E-state index in [1.54, 1.807) is 0 Å². The second-order valence-corrected chi connectivity index (χ2v) is 6.13. The largest absolute Gasteiger partial charge is 0.330 e.